The first-order valence-corrected chi connectivity index (χ1v) is 7.84. The van der Waals surface area contributed by atoms with Gasteiger partial charge in [0.05, 0.1) is 6.04 Å². The standard InChI is InChI=1S/C16H26N2OS/c1-11(2)10-14(17)15(19)18-12-6-8-13(9-7-12)20-16(3,4)5/h6-9,11,14H,10,17H2,1-5H3,(H,18,19)/t14-/m0/s1. The van der Waals surface area contributed by atoms with Gasteiger partial charge in [0, 0.05) is 15.3 Å². The number of anilines is 1. The Bertz CT molecular complexity index is 435. The predicted molar refractivity (Wildman–Crippen MR) is 88.1 cm³/mol. The Morgan fingerprint density at radius 1 is 1.25 bits per heavy atom. The van der Waals surface area contributed by atoms with Crippen LogP contribution < -0.4 is 11.1 Å². The molecule has 0 radical (unpaired) electrons. The van der Waals surface area contributed by atoms with Crippen molar-refractivity contribution < 1.29 is 4.79 Å². The second-order valence-electron chi connectivity index (χ2n) is 6.46. The van der Waals surface area contributed by atoms with E-state index in [1.807, 2.05) is 24.3 Å². The molecule has 1 atom stereocenters. The van der Waals surface area contributed by atoms with Gasteiger partial charge in [-0.15, -0.1) is 11.8 Å². The molecule has 20 heavy (non-hydrogen) atoms. The predicted octanol–water partition coefficient (Wildman–Crippen LogP) is 3.89. The summed E-state index contributed by atoms with van der Waals surface area (Å²) in [5.74, 6) is 0.302. The van der Waals surface area contributed by atoms with Crippen molar-refractivity contribution in [3.05, 3.63) is 24.3 Å². The van der Waals surface area contributed by atoms with Crippen LogP contribution in [0.3, 0.4) is 0 Å². The highest BCUT2D eigenvalue weighted by atomic mass is 32.2. The molecule has 0 aliphatic carbocycles. The second-order valence-corrected chi connectivity index (χ2v) is 8.36. The van der Waals surface area contributed by atoms with Gasteiger partial charge in [0.2, 0.25) is 5.91 Å². The molecular formula is C16H26N2OS. The lowest BCUT2D eigenvalue weighted by Gasteiger charge is -2.18. The van der Waals surface area contributed by atoms with Crippen molar-refractivity contribution in [1.82, 2.24) is 0 Å². The minimum Gasteiger partial charge on any atom is -0.325 e. The monoisotopic (exact) mass is 294 g/mol. The largest absolute Gasteiger partial charge is 0.325 e. The van der Waals surface area contributed by atoms with Crippen LogP contribution >= 0.6 is 11.8 Å². The van der Waals surface area contributed by atoms with Crippen molar-refractivity contribution in [1.29, 1.82) is 0 Å². The molecule has 0 saturated carbocycles. The molecule has 3 N–H and O–H groups in total. The maximum Gasteiger partial charge on any atom is 0.241 e. The third-order valence-electron chi connectivity index (χ3n) is 2.61. The minimum atomic E-state index is -0.446. The molecule has 0 fully saturated rings. The molecule has 0 aliphatic rings. The second kappa shape index (κ2) is 7.14. The number of rotatable bonds is 5. The van der Waals surface area contributed by atoms with E-state index < -0.39 is 6.04 Å². The van der Waals surface area contributed by atoms with E-state index in [9.17, 15) is 4.79 Å². The summed E-state index contributed by atoms with van der Waals surface area (Å²) in [6, 6.07) is 7.46. The lowest BCUT2D eigenvalue weighted by molar-refractivity contribution is -0.117. The summed E-state index contributed by atoms with van der Waals surface area (Å²) in [5, 5.41) is 2.86. The Morgan fingerprint density at radius 2 is 1.80 bits per heavy atom. The summed E-state index contributed by atoms with van der Waals surface area (Å²) >= 11 is 1.81. The molecule has 0 spiro atoms. The molecule has 0 unspecified atom stereocenters. The van der Waals surface area contributed by atoms with Crippen molar-refractivity contribution in [3.63, 3.8) is 0 Å². The van der Waals surface area contributed by atoms with Gasteiger partial charge in [-0.25, -0.2) is 0 Å². The lowest BCUT2D eigenvalue weighted by Crippen LogP contribution is -2.36. The Morgan fingerprint density at radius 3 is 2.25 bits per heavy atom. The van der Waals surface area contributed by atoms with E-state index in [0.717, 1.165) is 5.69 Å². The van der Waals surface area contributed by atoms with E-state index in [1.54, 1.807) is 11.8 Å². The fourth-order valence-electron chi connectivity index (χ4n) is 1.81. The van der Waals surface area contributed by atoms with Crippen molar-refractivity contribution in [3.8, 4) is 0 Å². The van der Waals surface area contributed by atoms with Crippen molar-refractivity contribution >= 4 is 23.4 Å². The van der Waals surface area contributed by atoms with Gasteiger partial charge >= 0.3 is 0 Å². The number of amides is 1. The van der Waals surface area contributed by atoms with Gasteiger partial charge in [0.25, 0.3) is 0 Å². The van der Waals surface area contributed by atoms with Crippen LogP contribution in [0, 0.1) is 5.92 Å². The number of carbonyl (C=O) groups excluding carboxylic acids is 1. The van der Waals surface area contributed by atoms with E-state index >= 15 is 0 Å². The SMILES string of the molecule is CC(C)C[C@H](N)C(=O)Nc1ccc(SC(C)(C)C)cc1. The quantitative estimate of drug-likeness (QED) is 0.810. The van der Waals surface area contributed by atoms with Gasteiger partial charge in [0.15, 0.2) is 0 Å². The van der Waals surface area contributed by atoms with Crippen LogP contribution in [-0.2, 0) is 4.79 Å². The molecule has 0 saturated heterocycles. The van der Waals surface area contributed by atoms with E-state index in [4.69, 9.17) is 5.73 Å². The summed E-state index contributed by atoms with van der Waals surface area (Å²) < 4.78 is 0.185. The van der Waals surface area contributed by atoms with Crippen molar-refractivity contribution in [2.75, 3.05) is 5.32 Å². The molecule has 0 heterocycles. The number of benzene rings is 1. The Hall–Kier alpha value is -1.00. The van der Waals surface area contributed by atoms with Crippen LogP contribution in [0.4, 0.5) is 5.69 Å². The van der Waals surface area contributed by atoms with Crippen LogP contribution in [0.25, 0.3) is 0 Å². The topological polar surface area (TPSA) is 55.1 Å². The van der Waals surface area contributed by atoms with E-state index in [2.05, 4.69) is 39.9 Å². The molecule has 0 aromatic heterocycles. The van der Waals surface area contributed by atoms with Gasteiger partial charge in [0.1, 0.15) is 0 Å². The van der Waals surface area contributed by atoms with Gasteiger partial charge in [-0.1, -0.05) is 34.6 Å². The van der Waals surface area contributed by atoms with Crippen molar-refractivity contribution in [2.45, 2.75) is 56.7 Å². The molecule has 0 aliphatic heterocycles. The van der Waals surface area contributed by atoms with Gasteiger partial charge in [-0.05, 0) is 36.6 Å². The average molecular weight is 294 g/mol. The molecule has 112 valence electrons. The molecule has 1 rings (SSSR count). The lowest BCUT2D eigenvalue weighted by atomic mass is 10.0. The first-order valence-electron chi connectivity index (χ1n) is 7.03. The molecule has 1 aromatic rings. The maximum atomic E-state index is 11.9. The summed E-state index contributed by atoms with van der Waals surface area (Å²) in [4.78, 5) is 13.1. The number of thioether (sulfide) groups is 1. The van der Waals surface area contributed by atoms with Gasteiger partial charge in [-0.3, -0.25) is 4.79 Å². The van der Waals surface area contributed by atoms with Crippen LogP contribution in [0.2, 0.25) is 0 Å². The Labute approximate surface area is 126 Å². The molecular weight excluding hydrogens is 268 g/mol. The highest BCUT2D eigenvalue weighted by molar-refractivity contribution is 8.00. The summed E-state index contributed by atoms with van der Waals surface area (Å²) in [7, 11) is 0. The van der Waals surface area contributed by atoms with E-state index in [1.165, 1.54) is 4.90 Å². The first-order chi connectivity index (χ1) is 9.17. The number of nitrogens with one attached hydrogen (secondary N) is 1. The first kappa shape index (κ1) is 17.1. The number of nitrogens with two attached hydrogens (primary N) is 1. The Balaban J connectivity index is 2.59. The summed E-state index contributed by atoms with van der Waals surface area (Å²) in [6.07, 6.45) is 0.698. The number of hydrogen-bond donors (Lipinski definition) is 2. The number of hydrogen-bond acceptors (Lipinski definition) is 3. The highest BCUT2D eigenvalue weighted by Gasteiger charge is 2.15. The number of carbonyl (C=O) groups is 1. The molecule has 0 bridgehead atoms. The van der Waals surface area contributed by atoms with Crippen LogP contribution in [0.15, 0.2) is 29.2 Å². The zero-order chi connectivity index (χ0) is 15.3. The smallest absolute Gasteiger partial charge is 0.241 e. The third kappa shape index (κ3) is 6.44. The summed E-state index contributed by atoms with van der Waals surface area (Å²) in [5.41, 5.74) is 6.66. The molecule has 1 amide bonds. The molecule has 1 aromatic carbocycles. The third-order valence-corrected chi connectivity index (χ3v) is 3.73. The Kier molecular flexibility index (Phi) is 6.08. The van der Waals surface area contributed by atoms with Crippen LogP contribution in [0.5, 0.6) is 0 Å². The van der Waals surface area contributed by atoms with Gasteiger partial charge < -0.3 is 11.1 Å². The van der Waals surface area contributed by atoms with E-state index in [-0.39, 0.29) is 10.7 Å². The highest BCUT2D eigenvalue weighted by Crippen LogP contribution is 2.32. The van der Waals surface area contributed by atoms with Gasteiger partial charge in [-0.2, -0.15) is 0 Å². The van der Waals surface area contributed by atoms with Crippen molar-refractivity contribution in [2.24, 2.45) is 11.7 Å². The zero-order valence-corrected chi connectivity index (χ0v) is 13.9. The van der Waals surface area contributed by atoms with Crippen LogP contribution in [-0.4, -0.2) is 16.7 Å². The molecule has 4 heteroatoms. The average Bonchev–Trinajstić information content (AvgIpc) is 2.28. The fraction of sp³-hybridized carbons (Fsp3) is 0.562. The summed E-state index contributed by atoms with van der Waals surface area (Å²) in [6.45, 7) is 10.7. The minimum absolute atomic E-state index is 0.116. The van der Waals surface area contributed by atoms with E-state index in [0.29, 0.717) is 12.3 Å². The maximum absolute atomic E-state index is 11.9. The zero-order valence-electron chi connectivity index (χ0n) is 13.1. The molecule has 3 nitrogen and oxygen atoms in total. The normalized spacial score (nSPS) is 13.3. The van der Waals surface area contributed by atoms with Crippen LogP contribution in [0.1, 0.15) is 41.0 Å². The fourth-order valence-corrected chi connectivity index (χ4v) is 2.79.